The van der Waals surface area contributed by atoms with Crippen molar-refractivity contribution >= 4 is 17.3 Å². The molecule has 0 saturated heterocycles. The Labute approximate surface area is 122 Å². The molecule has 0 radical (unpaired) electrons. The fourth-order valence-electron chi connectivity index (χ4n) is 2.01. The summed E-state index contributed by atoms with van der Waals surface area (Å²) in [5.41, 5.74) is 1.52. The van der Waals surface area contributed by atoms with E-state index in [4.69, 9.17) is 0 Å². The molecule has 0 heterocycles. The highest BCUT2D eigenvalue weighted by atomic mass is 19.1. The van der Waals surface area contributed by atoms with E-state index in [1.807, 2.05) is 6.92 Å². The molecule has 0 saturated carbocycles. The Balaban J connectivity index is 2.17. The zero-order valence-corrected chi connectivity index (χ0v) is 11.8. The van der Waals surface area contributed by atoms with Crippen molar-refractivity contribution in [1.82, 2.24) is 0 Å². The summed E-state index contributed by atoms with van der Waals surface area (Å²) in [6.07, 6.45) is 0. The molecular weight excluding hydrogens is 274 g/mol. The molecular formula is C16H16F2N2O. The maximum absolute atomic E-state index is 13.6. The number of benzene rings is 2. The zero-order valence-electron chi connectivity index (χ0n) is 11.8. The number of carbonyl (C=O) groups is 1. The van der Waals surface area contributed by atoms with Gasteiger partial charge in [0.25, 0.3) is 0 Å². The number of amides is 1. The standard InChI is InChI=1S/C16H16F2N2O/c1-10(12-4-3-5-13(17)8-12)19-14-6-7-15(18)16(9-14)20-11(2)21/h3-10,19H,1-2H3,(H,20,21). The lowest BCUT2D eigenvalue weighted by molar-refractivity contribution is -0.114. The average Bonchev–Trinajstić information content (AvgIpc) is 2.42. The molecule has 110 valence electrons. The summed E-state index contributed by atoms with van der Waals surface area (Å²) >= 11 is 0. The van der Waals surface area contributed by atoms with Gasteiger partial charge in [0.1, 0.15) is 11.6 Å². The molecule has 0 aliphatic carbocycles. The normalized spacial score (nSPS) is 11.8. The summed E-state index contributed by atoms with van der Waals surface area (Å²) in [6.45, 7) is 3.19. The van der Waals surface area contributed by atoms with Crippen LogP contribution in [-0.2, 0) is 4.79 Å². The Bertz CT molecular complexity index is 658. The lowest BCUT2D eigenvalue weighted by Gasteiger charge is -2.17. The second kappa shape index (κ2) is 6.35. The van der Waals surface area contributed by atoms with Crippen LogP contribution in [0.25, 0.3) is 0 Å². The number of anilines is 2. The topological polar surface area (TPSA) is 41.1 Å². The Kier molecular flexibility index (Phi) is 4.52. The van der Waals surface area contributed by atoms with Gasteiger partial charge in [-0.2, -0.15) is 0 Å². The maximum Gasteiger partial charge on any atom is 0.221 e. The van der Waals surface area contributed by atoms with Gasteiger partial charge in [-0.3, -0.25) is 4.79 Å². The fourth-order valence-corrected chi connectivity index (χ4v) is 2.01. The monoisotopic (exact) mass is 290 g/mol. The molecule has 5 heteroatoms. The molecule has 3 nitrogen and oxygen atoms in total. The Hall–Kier alpha value is -2.43. The van der Waals surface area contributed by atoms with Crippen LogP contribution in [0.2, 0.25) is 0 Å². The number of carbonyl (C=O) groups excluding carboxylic acids is 1. The summed E-state index contributed by atoms with van der Waals surface area (Å²) in [5.74, 6) is -1.16. The lowest BCUT2D eigenvalue weighted by atomic mass is 10.1. The molecule has 2 aromatic rings. The number of halogens is 2. The minimum atomic E-state index is -0.505. The predicted octanol–water partition coefficient (Wildman–Crippen LogP) is 4.10. The van der Waals surface area contributed by atoms with E-state index in [0.29, 0.717) is 5.69 Å². The fraction of sp³-hybridized carbons (Fsp3) is 0.188. The lowest BCUT2D eigenvalue weighted by Crippen LogP contribution is -2.10. The summed E-state index contributed by atoms with van der Waals surface area (Å²) < 4.78 is 26.8. The molecule has 0 fully saturated rings. The van der Waals surface area contributed by atoms with E-state index in [1.165, 1.54) is 31.2 Å². The van der Waals surface area contributed by atoms with Crippen molar-refractivity contribution in [1.29, 1.82) is 0 Å². The van der Waals surface area contributed by atoms with Crippen LogP contribution in [0, 0.1) is 11.6 Å². The van der Waals surface area contributed by atoms with Crippen molar-refractivity contribution in [3.05, 3.63) is 59.7 Å². The molecule has 2 N–H and O–H groups in total. The first-order chi connectivity index (χ1) is 9.95. The number of hydrogen-bond acceptors (Lipinski definition) is 2. The summed E-state index contributed by atoms with van der Waals surface area (Å²) in [5, 5.41) is 5.56. The molecule has 0 aliphatic rings. The van der Waals surface area contributed by atoms with Gasteiger partial charge in [-0.25, -0.2) is 8.78 Å². The van der Waals surface area contributed by atoms with E-state index in [0.717, 1.165) is 5.56 Å². The first kappa shape index (κ1) is 15.0. The third kappa shape index (κ3) is 4.02. The summed E-state index contributed by atoms with van der Waals surface area (Å²) in [6, 6.07) is 10.4. The summed E-state index contributed by atoms with van der Waals surface area (Å²) in [7, 11) is 0. The van der Waals surface area contributed by atoms with Crippen molar-refractivity contribution < 1.29 is 13.6 Å². The van der Waals surface area contributed by atoms with Gasteiger partial charge in [0.05, 0.1) is 5.69 Å². The minimum absolute atomic E-state index is 0.110. The molecule has 0 spiro atoms. The SMILES string of the molecule is CC(=O)Nc1cc(NC(C)c2cccc(F)c2)ccc1F. The van der Waals surface area contributed by atoms with Gasteiger partial charge in [0.2, 0.25) is 5.91 Å². The molecule has 1 atom stereocenters. The smallest absolute Gasteiger partial charge is 0.221 e. The second-order valence-corrected chi connectivity index (χ2v) is 4.80. The van der Waals surface area contributed by atoms with Crippen LogP contribution in [0.3, 0.4) is 0 Å². The van der Waals surface area contributed by atoms with Crippen molar-refractivity contribution in [2.24, 2.45) is 0 Å². The minimum Gasteiger partial charge on any atom is -0.378 e. The quantitative estimate of drug-likeness (QED) is 0.890. The number of nitrogens with one attached hydrogen (secondary N) is 2. The highest BCUT2D eigenvalue weighted by Crippen LogP contribution is 2.24. The molecule has 1 amide bonds. The molecule has 2 rings (SSSR count). The van der Waals surface area contributed by atoms with E-state index < -0.39 is 5.82 Å². The third-order valence-electron chi connectivity index (χ3n) is 3.01. The van der Waals surface area contributed by atoms with Gasteiger partial charge in [0, 0.05) is 18.7 Å². The summed E-state index contributed by atoms with van der Waals surface area (Å²) in [4.78, 5) is 11.0. The van der Waals surface area contributed by atoms with Crippen LogP contribution < -0.4 is 10.6 Å². The van der Waals surface area contributed by atoms with E-state index >= 15 is 0 Å². The Morgan fingerprint density at radius 3 is 2.57 bits per heavy atom. The second-order valence-electron chi connectivity index (χ2n) is 4.80. The molecule has 0 bridgehead atoms. The highest BCUT2D eigenvalue weighted by Gasteiger charge is 2.09. The van der Waals surface area contributed by atoms with E-state index in [2.05, 4.69) is 10.6 Å². The van der Waals surface area contributed by atoms with Crippen LogP contribution in [0.5, 0.6) is 0 Å². The maximum atomic E-state index is 13.6. The van der Waals surface area contributed by atoms with Crippen LogP contribution in [0.15, 0.2) is 42.5 Å². The van der Waals surface area contributed by atoms with Gasteiger partial charge in [-0.15, -0.1) is 0 Å². The molecule has 2 aromatic carbocycles. The first-order valence-corrected chi connectivity index (χ1v) is 6.55. The molecule has 0 aliphatic heterocycles. The van der Waals surface area contributed by atoms with Gasteiger partial charge < -0.3 is 10.6 Å². The van der Waals surface area contributed by atoms with Gasteiger partial charge in [-0.05, 0) is 42.8 Å². The van der Waals surface area contributed by atoms with Gasteiger partial charge in [-0.1, -0.05) is 12.1 Å². The van der Waals surface area contributed by atoms with Crippen LogP contribution in [-0.4, -0.2) is 5.91 Å². The highest BCUT2D eigenvalue weighted by molar-refractivity contribution is 5.89. The predicted molar refractivity (Wildman–Crippen MR) is 79.1 cm³/mol. The Morgan fingerprint density at radius 2 is 1.90 bits per heavy atom. The molecule has 21 heavy (non-hydrogen) atoms. The van der Waals surface area contributed by atoms with Gasteiger partial charge in [0.15, 0.2) is 0 Å². The molecule has 1 unspecified atom stereocenters. The third-order valence-corrected chi connectivity index (χ3v) is 3.01. The first-order valence-electron chi connectivity index (χ1n) is 6.55. The van der Waals surface area contributed by atoms with Crippen molar-refractivity contribution in [3.8, 4) is 0 Å². The van der Waals surface area contributed by atoms with E-state index in [9.17, 15) is 13.6 Å². The van der Waals surface area contributed by atoms with Crippen molar-refractivity contribution in [2.75, 3.05) is 10.6 Å². The van der Waals surface area contributed by atoms with Crippen molar-refractivity contribution in [2.45, 2.75) is 19.9 Å². The van der Waals surface area contributed by atoms with Crippen molar-refractivity contribution in [3.63, 3.8) is 0 Å². The molecule has 0 aromatic heterocycles. The number of rotatable bonds is 4. The Morgan fingerprint density at radius 1 is 1.14 bits per heavy atom. The van der Waals surface area contributed by atoms with Gasteiger partial charge >= 0.3 is 0 Å². The zero-order chi connectivity index (χ0) is 15.4. The van der Waals surface area contributed by atoms with E-state index in [1.54, 1.807) is 18.2 Å². The van der Waals surface area contributed by atoms with Crippen LogP contribution >= 0.6 is 0 Å². The van der Waals surface area contributed by atoms with Crippen LogP contribution in [0.1, 0.15) is 25.5 Å². The van der Waals surface area contributed by atoms with E-state index in [-0.39, 0.29) is 23.5 Å². The number of hydrogen-bond donors (Lipinski definition) is 2. The largest absolute Gasteiger partial charge is 0.378 e. The average molecular weight is 290 g/mol. The van der Waals surface area contributed by atoms with Crippen LogP contribution in [0.4, 0.5) is 20.2 Å².